The summed E-state index contributed by atoms with van der Waals surface area (Å²) in [7, 11) is 1.70. The van der Waals surface area contributed by atoms with Gasteiger partial charge in [0.25, 0.3) is 0 Å². The molecule has 0 N–H and O–H groups in total. The number of tetrazole rings is 1. The molecule has 1 aliphatic heterocycles. The van der Waals surface area contributed by atoms with Crippen molar-refractivity contribution in [3.63, 3.8) is 0 Å². The van der Waals surface area contributed by atoms with Crippen LogP contribution in [-0.4, -0.2) is 58.4 Å². The van der Waals surface area contributed by atoms with Crippen LogP contribution in [0, 0.1) is 5.82 Å². The van der Waals surface area contributed by atoms with Gasteiger partial charge in [-0.3, -0.25) is 4.90 Å². The summed E-state index contributed by atoms with van der Waals surface area (Å²) in [5, 5.41) is 12.9. The van der Waals surface area contributed by atoms with Crippen molar-refractivity contribution in [1.29, 1.82) is 0 Å². The number of nitrogens with zero attached hydrogens (tertiary/aromatic N) is 6. The van der Waals surface area contributed by atoms with E-state index in [4.69, 9.17) is 4.74 Å². The highest BCUT2D eigenvalue weighted by atomic mass is 19.1. The summed E-state index contributed by atoms with van der Waals surface area (Å²) in [6, 6.07) is 25.0. The minimum absolute atomic E-state index is 0.146. The highest BCUT2D eigenvalue weighted by Gasteiger charge is 2.32. The Morgan fingerprint density at radius 3 is 2.34 bits per heavy atom. The second-order valence-corrected chi connectivity index (χ2v) is 8.64. The van der Waals surface area contributed by atoms with Crippen molar-refractivity contribution in [2.24, 2.45) is 0 Å². The summed E-state index contributed by atoms with van der Waals surface area (Å²) < 4.78 is 21.0. The maximum atomic E-state index is 13.4. The van der Waals surface area contributed by atoms with Crippen LogP contribution in [0.5, 0.6) is 5.75 Å². The van der Waals surface area contributed by atoms with Gasteiger partial charge in [0.15, 0.2) is 5.82 Å². The van der Waals surface area contributed by atoms with E-state index < -0.39 is 0 Å². The van der Waals surface area contributed by atoms with E-state index in [0.717, 1.165) is 55.4 Å². The summed E-state index contributed by atoms with van der Waals surface area (Å²) in [5.41, 5.74) is 3.32. The quantitative estimate of drug-likeness (QED) is 0.387. The molecule has 0 spiro atoms. The van der Waals surface area contributed by atoms with Gasteiger partial charge in [0, 0.05) is 44.0 Å². The van der Waals surface area contributed by atoms with Crippen molar-refractivity contribution in [1.82, 2.24) is 25.1 Å². The van der Waals surface area contributed by atoms with Gasteiger partial charge in [0.05, 0.1) is 7.11 Å². The molecule has 0 amide bonds. The summed E-state index contributed by atoms with van der Waals surface area (Å²) in [6.07, 6.45) is 0.843. The normalized spacial score (nSPS) is 15.2. The molecule has 35 heavy (non-hydrogen) atoms. The molecule has 3 aromatic carbocycles. The number of para-hydroxylation sites is 1. The number of methoxy groups -OCH3 is 1. The molecule has 5 rings (SSSR count). The first-order valence-electron chi connectivity index (χ1n) is 11.9. The smallest absolute Gasteiger partial charge is 0.173 e. The molecule has 0 saturated carbocycles. The van der Waals surface area contributed by atoms with E-state index >= 15 is 0 Å². The highest BCUT2D eigenvalue weighted by Crippen LogP contribution is 2.34. The van der Waals surface area contributed by atoms with Gasteiger partial charge in [-0.05, 0) is 52.7 Å². The van der Waals surface area contributed by atoms with E-state index in [9.17, 15) is 4.39 Å². The molecule has 4 aromatic rings. The third kappa shape index (κ3) is 5.17. The van der Waals surface area contributed by atoms with E-state index in [0.29, 0.717) is 6.54 Å². The molecule has 0 unspecified atom stereocenters. The fourth-order valence-electron chi connectivity index (χ4n) is 4.73. The van der Waals surface area contributed by atoms with Gasteiger partial charge in [-0.15, -0.1) is 5.10 Å². The minimum atomic E-state index is -0.217. The molecule has 180 valence electrons. The lowest BCUT2D eigenvalue weighted by atomic mass is 10.0. The van der Waals surface area contributed by atoms with E-state index in [-0.39, 0.29) is 11.9 Å². The lowest BCUT2D eigenvalue weighted by Crippen LogP contribution is -2.48. The predicted molar refractivity (Wildman–Crippen MR) is 133 cm³/mol. The van der Waals surface area contributed by atoms with Crippen LogP contribution in [-0.2, 0) is 13.0 Å². The summed E-state index contributed by atoms with van der Waals surface area (Å²) in [5.74, 6) is 1.41. The molecule has 1 aromatic heterocycles. The van der Waals surface area contributed by atoms with E-state index in [1.165, 1.54) is 17.7 Å². The van der Waals surface area contributed by atoms with Crippen LogP contribution in [0.1, 0.15) is 23.0 Å². The molecule has 1 atom stereocenters. The number of hydrogen-bond acceptors (Lipinski definition) is 6. The molecule has 0 bridgehead atoms. The van der Waals surface area contributed by atoms with Gasteiger partial charge < -0.3 is 9.64 Å². The zero-order chi connectivity index (χ0) is 24.0. The molecule has 0 radical (unpaired) electrons. The lowest BCUT2D eigenvalue weighted by molar-refractivity contribution is 0.197. The van der Waals surface area contributed by atoms with Gasteiger partial charge in [0.1, 0.15) is 17.6 Å². The van der Waals surface area contributed by atoms with E-state index in [1.807, 2.05) is 53.2 Å². The number of hydrogen-bond donors (Lipinski definition) is 0. The SMILES string of the molecule is COc1ccccc1[C@@H](c1nnnn1CCc1ccccc1)N1CCN(c2ccc(F)cc2)CC1. The van der Waals surface area contributed by atoms with Crippen molar-refractivity contribution < 1.29 is 9.13 Å². The number of aromatic nitrogens is 4. The van der Waals surface area contributed by atoms with Crippen molar-refractivity contribution in [2.75, 3.05) is 38.2 Å². The van der Waals surface area contributed by atoms with Gasteiger partial charge in [-0.1, -0.05) is 48.5 Å². The molecule has 0 aliphatic carbocycles. The van der Waals surface area contributed by atoms with Crippen molar-refractivity contribution >= 4 is 5.69 Å². The monoisotopic (exact) mass is 472 g/mol. The summed E-state index contributed by atoms with van der Waals surface area (Å²) >= 11 is 0. The molecular formula is C27H29FN6O. The zero-order valence-corrected chi connectivity index (χ0v) is 19.8. The van der Waals surface area contributed by atoms with Crippen molar-refractivity contribution in [3.8, 4) is 5.75 Å². The average molecular weight is 473 g/mol. The van der Waals surface area contributed by atoms with Crippen LogP contribution in [0.25, 0.3) is 0 Å². The molecule has 7 nitrogen and oxygen atoms in total. The van der Waals surface area contributed by atoms with Crippen LogP contribution >= 0.6 is 0 Å². The molecular weight excluding hydrogens is 443 g/mol. The number of halogens is 1. The topological polar surface area (TPSA) is 59.3 Å². The van der Waals surface area contributed by atoms with Crippen LogP contribution < -0.4 is 9.64 Å². The fourth-order valence-corrected chi connectivity index (χ4v) is 4.73. The summed E-state index contributed by atoms with van der Waals surface area (Å²) in [4.78, 5) is 4.69. The van der Waals surface area contributed by atoms with Crippen molar-refractivity contribution in [2.45, 2.75) is 19.0 Å². The van der Waals surface area contributed by atoms with E-state index in [1.54, 1.807) is 7.11 Å². The first-order chi connectivity index (χ1) is 17.2. The number of piperazine rings is 1. The number of aryl methyl sites for hydroxylation is 2. The van der Waals surface area contributed by atoms with Crippen LogP contribution in [0.4, 0.5) is 10.1 Å². The Morgan fingerprint density at radius 1 is 0.886 bits per heavy atom. The third-order valence-electron chi connectivity index (χ3n) is 6.56. The predicted octanol–water partition coefficient (Wildman–Crippen LogP) is 3.98. The summed E-state index contributed by atoms with van der Waals surface area (Å²) in [6.45, 7) is 3.95. The Kier molecular flexibility index (Phi) is 6.99. The molecule has 2 heterocycles. The zero-order valence-electron chi connectivity index (χ0n) is 19.8. The van der Waals surface area contributed by atoms with Gasteiger partial charge in [-0.25, -0.2) is 9.07 Å². The number of ether oxygens (including phenoxy) is 1. The standard InChI is InChI=1S/C27H29FN6O/c1-35-25-10-6-5-9-24(25)26(27-29-30-31-34(27)16-15-21-7-3-2-4-8-21)33-19-17-32(18-20-33)23-13-11-22(28)12-14-23/h2-14,26H,15-20H2,1H3/t26-/m0/s1. The molecule has 8 heteroatoms. The average Bonchev–Trinajstić information content (AvgIpc) is 3.37. The number of rotatable bonds is 8. The van der Waals surface area contributed by atoms with Crippen LogP contribution in [0.3, 0.4) is 0 Å². The van der Waals surface area contributed by atoms with Gasteiger partial charge >= 0.3 is 0 Å². The van der Waals surface area contributed by atoms with Crippen molar-refractivity contribution in [3.05, 3.63) is 102 Å². The fraction of sp³-hybridized carbons (Fsp3) is 0.296. The Morgan fingerprint density at radius 2 is 1.60 bits per heavy atom. The van der Waals surface area contributed by atoms with Crippen LogP contribution in [0.2, 0.25) is 0 Å². The Hall–Kier alpha value is -3.78. The Labute approximate surface area is 204 Å². The molecule has 1 fully saturated rings. The van der Waals surface area contributed by atoms with Gasteiger partial charge in [0.2, 0.25) is 0 Å². The second kappa shape index (κ2) is 10.7. The molecule has 1 aliphatic rings. The highest BCUT2D eigenvalue weighted by molar-refractivity contribution is 5.47. The maximum absolute atomic E-state index is 13.4. The second-order valence-electron chi connectivity index (χ2n) is 8.64. The lowest BCUT2D eigenvalue weighted by Gasteiger charge is -2.40. The number of anilines is 1. The maximum Gasteiger partial charge on any atom is 0.173 e. The third-order valence-corrected chi connectivity index (χ3v) is 6.56. The van der Waals surface area contributed by atoms with Gasteiger partial charge in [-0.2, -0.15) is 0 Å². The molecule has 1 saturated heterocycles. The van der Waals surface area contributed by atoms with Crippen LogP contribution in [0.15, 0.2) is 78.9 Å². The first kappa shape index (κ1) is 23.0. The Bertz CT molecular complexity index is 1220. The minimum Gasteiger partial charge on any atom is -0.496 e. The van der Waals surface area contributed by atoms with E-state index in [2.05, 4.69) is 43.5 Å². The number of benzene rings is 3. The Balaban J connectivity index is 1.41. The first-order valence-corrected chi connectivity index (χ1v) is 11.9. The largest absolute Gasteiger partial charge is 0.496 e.